The quantitative estimate of drug-likeness (QED) is 0.539. The molecule has 1 aliphatic rings. The molecule has 4 aromatic rings. The predicted molar refractivity (Wildman–Crippen MR) is 105 cm³/mol. The Morgan fingerprint density at radius 2 is 2.07 bits per heavy atom. The van der Waals surface area contributed by atoms with Gasteiger partial charge in [-0.3, -0.25) is 4.90 Å². The lowest BCUT2D eigenvalue weighted by atomic mass is 10.1. The highest BCUT2D eigenvalue weighted by Crippen LogP contribution is 2.31. The van der Waals surface area contributed by atoms with E-state index in [2.05, 4.69) is 50.1 Å². The molecule has 0 N–H and O–H groups in total. The van der Waals surface area contributed by atoms with Crippen molar-refractivity contribution in [1.82, 2.24) is 25.0 Å². The van der Waals surface area contributed by atoms with E-state index >= 15 is 0 Å². The Balaban J connectivity index is 1.38. The largest absolute Gasteiger partial charge is 0.360 e. The molecule has 0 bridgehead atoms. The first-order valence-corrected chi connectivity index (χ1v) is 9.98. The van der Waals surface area contributed by atoms with Crippen molar-refractivity contribution in [2.45, 2.75) is 25.8 Å². The third kappa shape index (κ3) is 3.02. The van der Waals surface area contributed by atoms with Gasteiger partial charge < -0.3 is 4.52 Å². The second-order valence-corrected chi connectivity index (χ2v) is 7.71. The molecule has 27 heavy (non-hydrogen) atoms. The topological polar surface area (TPSA) is 67.9 Å². The molecule has 136 valence electrons. The van der Waals surface area contributed by atoms with E-state index in [0.717, 1.165) is 48.6 Å². The highest BCUT2D eigenvalue weighted by Gasteiger charge is 2.25. The lowest BCUT2D eigenvalue weighted by Gasteiger charge is -2.27. The highest BCUT2D eigenvalue weighted by atomic mass is 32.1. The fourth-order valence-electron chi connectivity index (χ4n) is 3.77. The van der Waals surface area contributed by atoms with Crippen LogP contribution in [-0.4, -0.2) is 38.1 Å². The van der Waals surface area contributed by atoms with Crippen molar-refractivity contribution >= 4 is 21.6 Å². The fraction of sp³-hybridized carbons (Fsp3) is 0.300. The first-order chi connectivity index (χ1) is 13.3. The summed E-state index contributed by atoms with van der Waals surface area (Å²) in [4.78, 5) is 15.3. The standard InChI is InChI=1S/C20H19N5OS/c1-13(14-2-3-19-17(10-14)23-12-27-19)25-8-5-15-18(6-9-25)26-24-20(15)16-4-7-21-11-22-16/h2-4,7,10-13H,5-6,8-9H2,1H3. The van der Waals surface area contributed by atoms with Crippen LogP contribution in [-0.2, 0) is 12.8 Å². The van der Waals surface area contributed by atoms with E-state index in [-0.39, 0.29) is 0 Å². The Hall–Kier alpha value is -2.64. The monoisotopic (exact) mass is 377 g/mol. The summed E-state index contributed by atoms with van der Waals surface area (Å²) >= 11 is 1.68. The molecule has 0 spiro atoms. The van der Waals surface area contributed by atoms with Crippen molar-refractivity contribution in [3.05, 3.63) is 59.2 Å². The normalized spacial score (nSPS) is 16.2. The minimum Gasteiger partial charge on any atom is -0.360 e. The zero-order chi connectivity index (χ0) is 18.2. The van der Waals surface area contributed by atoms with Gasteiger partial charge in [-0.15, -0.1) is 11.3 Å². The van der Waals surface area contributed by atoms with E-state index in [4.69, 9.17) is 4.52 Å². The molecular weight excluding hydrogens is 358 g/mol. The minimum atomic E-state index is 0.329. The minimum absolute atomic E-state index is 0.329. The lowest BCUT2D eigenvalue weighted by Crippen LogP contribution is -2.29. The zero-order valence-corrected chi connectivity index (χ0v) is 15.8. The van der Waals surface area contributed by atoms with Crippen molar-refractivity contribution in [2.24, 2.45) is 0 Å². The molecule has 1 atom stereocenters. The maximum Gasteiger partial charge on any atom is 0.141 e. The van der Waals surface area contributed by atoms with E-state index in [1.807, 2.05) is 11.6 Å². The number of nitrogens with zero attached hydrogens (tertiary/aromatic N) is 5. The van der Waals surface area contributed by atoms with Crippen LogP contribution in [0.5, 0.6) is 0 Å². The molecule has 1 aromatic carbocycles. The van der Waals surface area contributed by atoms with Crippen LogP contribution >= 0.6 is 11.3 Å². The van der Waals surface area contributed by atoms with Gasteiger partial charge in [0.25, 0.3) is 0 Å². The summed E-state index contributed by atoms with van der Waals surface area (Å²) in [6.07, 6.45) is 5.05. The van der Waals surface area contributed by atoms with Gasteiger partial charge in [0.1, 0.15) is 17.8 Å². The smallest absolute Gasteiger partial charge is 0.141 e. The summed E-state index contributed by atoms with van der Waals surface area (Å²) in [5, 5.41) is 4.28. The van der Waals surface area contributed by atoms with Crippen LogP contribution in [0.2, 0.25) is 0 Å². The van der Waals surface area contributed by atoms with Gasteiger partial charge in [0.15, 0.2) is 0 Å². The first-order valence-electron chi connectivity index (χ1n) is 9.10. The number of fused-ring (bicyclic) bond motifs is 2. The molecule has 0 saturated heterocycles. The predicted octanol–water partition coefficient (Wildman–Crippen LogP) is 3.90. The Labute approximate surface area is 160 Å². The summed E-state index contributed by atoms with van der Waals surface area (Å²) in [6.45, 7) is 4.18. The van der Waals surface area contributed by atoms with Gasteiger partial charge in [0, 0.05) is 37.3 Å². The summed E-state index contributed by atoms with van der Waals surface area (Å²) in [5.74, 6) is 0.980. The second-order valence-electron chi connectivity index (χ2n) is 6.82. The molecule has 0 saturated carbocycles. The van der Waals surface area contributed by atoms with E-state index in [9.17, 15) is 0 Å². The number of rotatable bonds is 3. The molecule has 1 aliphatic heterocycles. The van der Waals surface area contributed by atoms with E-state index in [0.29, 0.717) is 6.04 Å². The number of aromatic nitrogens is 4. The summed E-state index contributed by atoms with van der Waals surface area (Å²) in [6, 6.07) is 8.83. The van der Waals surface area contributed by atoms with E-state index in [1.54, 1.807) is 23.9 Å². The van der Waals surface area contributed by atoms with E-state index in [1.165, 1.54) is 15.8 Å². The lowest BCUT2D eigenvalue weighted by molar-refractivity contribution is 0.216. The first kappa shape index (κ1) is 16.5. The third-order valence-corrected chi connectivity index (χ3v) is 6.16. The average Bonchev–Trinajstić information content (AvgIpc) is 3.29. The molecule has 0 amide bonds. The molecule has 4 heterocycles. The van der Waals surface area contributed by atoms with Crippen molar-refractivity contribution in [3.8, 4) is 11.4 Å². The molecular formula is C20H19N5OS. The van der Waals surface area contributed by atoms with Crippen molar-refractivity contribution in [2.75, 3.05) is 13.1 Å². The van der Waals surface area contributed by atoms with Crippen LogP contribution < -0.4 is 0 Å². The van der Waals surface area contributed by atoms with Crippen LogP contribution in [0.1, 0.15) is 29.9 Å². The Morgan fingerprint density at radius 1 is 1.15 bits per heavy atom. The Bertz CT molecular complexity index is 1070. The van der Waals surface area contributed by atoms with Crippen molar-refractivity contribution in [3.63, 3.8) is 0 Å². The van der Waals surface area contributed by atoms with Gasteiger partial charge in [-0.2, -0.15) is 0 Å². The molecule has 0 radical (unpaired) electrons. The summed E-state index contributed by atoms with van der Waals surface area (Å²) in [7, 11) is 0. The Kier molecular flexibility index (Phi) is 4.18. The van der Waals surface area contributed by atoms with Crippen molar-refractivity contribution in [1.29, 1.82) is 0 Å². The fourth-order valence-corrected chi connectivity index (χ4v) is 4.43. The molecule has 0 aliphatic carbocycles. The second kappa shape index (κ2) is 6.83. The third-order valence-electron chi connectivity index (χ3n) is 5.35. The zero-order valence-electron chi connectivity index (χ0n) is 15.0. The van der Waals surface area contributed by atoms with Gasteiger partial charge in [-0.1, -0.05) is 11.2 Å². The van der Waals surface area contributed by atoms with Gasteiger partial charge in [0.05, 0.1) is 21.4 Å². The Morgan fingerprint density at radius 3 is 2.96 bits per heavy atom. The van der Waals surface area contributed by atoms with Gasteiger partial charge in [-0.05, 0) is 37.1 Å². The van der Waals surface area contributed by atoms with Gasteiger partial charge >= 0.3 is 0 Å². The molecule has 1 unspecified atom stereocenters. The molecule has 7 heteroatoms. The van der Waals surface area contributed by atoms with Crippen LogP contribution in [0.15, 0.2) is 46.8 Å². The average molecular weight is 377 g/mol. The molecule has 0 fully saturated rings. The maximum absolute atomic E-state index is 5.66. The number of benzene rings is 1. The van der Waals surface area contributed by atoms with Crippen molar-refractivity contribution < 1.29 is 4.52 Å². The summed E-state index contributed by atoms with van der Waals surface area (Å²) in [5.41, 5.74) is 7.15. The maximum atomic E-state index is 5.66. The van der Waals surface area contributed by atoms with Crippen LogP contribution in [0.4, 0.5) is 0 Å². The van der Waals surface area contributed by atoms with Crippen LogP contribution in [0, 0.1) is 0 Å². The SMILES string of the molecule is CC(c1ccc2scnc2c1)N1CCc2onc(-c3ccncn3)c2CC1. The van der Waals surface area contributed by atoms with E-state index < -0.39 is 0 Å². The van der Waals surface area contributed by atoms with Crippen LogP contribution in [0.25, 0.3) is 21.6 Å². The molecule has 3 aromatic heterocycles. The number of thiazole rings is 1. The molecule has 6 nitrogen and oxygen atoms in total. The van der Waals surface area contributed by atoms with Gasteiger partial charge in [0.2, 0.25) is 0 Å². The summed E-state index contributed by atoms with van der Waals surface area (Å²) < 4.78 is 6.89. The number of hydrogen-bond acceptors (Lipinski definition) is 7. The number of hydrogen-bond donors (Lipinski definition) is 0. The molecule has 5 rings (SSSR count). The highest BCUT2D eigenvalue weighted by molar-refractivity contribution is 7.16. The van der Waals surface area contributed by atoms with Crippen LogP contribution in [0.3, 0.4) is 0 Å². The van der Waals surface area contributed by atoms with Gasteiger partial charge in [-0.25, -0.2) is 15.0 Å².